The van der Waals surface area contributed by atoms with Gasteiger partial charge < -0.3 is 5.73 Å². The lowest BCUT2D eigenvalue weighted by Crippen LogP contribution is -2.02. The van der Waals surface area contributed by atoms with E-state index in [4.69, 9.17) is 11.1 Å². The van der Waals surface area contributed by atoms with E-state index in [1.54, 1.807) is 11.3 Å². The van der Waals surface area contributed by atoms with E-state index in [9.17, 15) is 0 Å². The van der Waals surface area contributed by atoms with E-state index >= 15 is 0 Å². The third-order valence-electron chi connectivity index (χ3n) is 3.92. The molecule has 0 saturated heterocycles. The van der Waals surface area contributed by atoms with Crippen molar-refractivity contribution in [2.24, 2.45) is 0 Å². The Hall–Kier alpha value is -2.65. The number of anilines is 1. The van der Waals surface area contributed by atoms with Crippen molar-refractivity contribution in [2.45, 2.75) is 0 Å². The van der Waals surface area contributed by atoms with Crippen molar-refractivity contribution in [1.82, 2.24) is 0 Å². The van der Waals surface area contributed by atoms with Crippen molar-refractivity contribution in [1.29, 1.82) is 5.41 Å². The lowest BCUT2D eigenvalue weighted by atomic mass is 9.99. The van der Waals surface area contributed by atoms with Crippen LogP contribution in [0.2, 0.25) is 0 Å². The van der Waals surface area contributed by atoms with Crippen LogP contribution in [0.25, 0.3) is 20.9 Å². The highest BCUT2D eigenvalue weighted by molar-refractivity contribution is 7.21. The van der Waals surface area contributed by atoms with Crippen LogP contribution >= 0.6 is 11.3 Å². The number of hydrogen-bond donors (Lipinski definition) is 2. The number of rotatable bonds is 2. The van der Waals surface area contributed by atoms with Gasteiger partial charge in [-0.15, -0.1) is 11.3 Å². The SMILES string of the molecule is N=C(c1sc2ccccc2c1N)c1cccc2ccccc12. The van der Waals surface area contributed by atoms with Crippen LogP contribution in [0.1, 0.15) is 10.4 Å². The molecule has 4 aromatic rings. The standard InChI is InChI=1S/C19H14N2S/c20-17(14-10-5-7-12-6-1-2-8-13(12)14)19-18(21)15-9-3-4-11-16(15)22-19/h1-11,20H,21H2. The van der Waals surface area contributed by atoms with Gasteiger partial charge in [0.25, 0.3) is 0 Å². The summed E-state index contributed by atoms with van der Waals surface area (Å²) in [6.07, 6.45) is 0. The summed E-state index contributed by atoms with van der Waals surface area (Å²) in [4.78, 5) is 0.845. The van der Waals surface area contributed by atoms with E-state index in [1.807, 2.05) is 42.5 Å². The molecule has 3 N–H and O–H groups in total. The first kappa shape index (κ1) is 13.0. The van der Waals surface area contributed by atoms with Crippen LogP contribution in [0.3, 0.4) is 0 Å². The van der Waals surface area contributed by atoms with Gasteiger partial charge >= 0.3 is 0 Å². The second-order valence-corrected chi connectivity index (χ2v) is 6.29. The third kappa shape index (κ3) is 1.90. The van der Waals surface area contributed by atoms with Crippen molar-refractivity contribution < 1.29 is 0 Å². The van der Waals surface area contributed by atoms with Crippen LogP contribution in [-0.2, 0) is 0 Å². The molecule has 0 aliphatic rings. The van der Waals surface area contributed by atoms with Gasteiger partial charge in [0, 0.05) is 15.6 Å². The summed E-state index contributed by atoms with van der Waals surface area (Å²) in [6.45, 7) is 0. The molecule has 0 atom stereocenters. The number of nitrogens with one attached hydrogen (secondary N) is 1. The molecule has 106 valence electrons. The van der Waals surface area contributed by atoms with E-state index in [0.29, 0.717) is 11.4 Å². The van der Waals surface area contributed by atoms with Gasteiger partial charge in [0.1, 0.15) is 0 Å². The van der Waals surface area contributed by atoms with Crippen LogP contribution in [0.5, 0.6) is 0 Å². The summed E-state index contributed by atoms with van der Waals surface area (Å²) in [6, 6.07) is 22.3. The fourth-order valence-electron chi connectivity index (χ4n) is 2.82. The topological polar surface area (TPSA) is 49.9 Å². The number of fused-ring (bicyclic) bond motifs is 2. The van der Waals surface area contributed by atoms with E-state index in [0.717, 1.165) is 31.3 Å². The Bertz CT molecular complexity index is 1010. The number of thiophene rings is 1. The molecule has 0 amide bonds. The van der Waals surface area contributed by atoms with Crippen LogP contribution < -0.4 is 5.73 Å². The summed E-state index contributed by atoms with van der Waals surface area (Å²) in [5.74, 6) is 0. The molecule has 0 aliphatic carbocycles. The second-order valence-electron chi connectivity index (χ2n) is 5.24. The minimum absolute atomic E-state index is 0.496. The van der Waals surface area contributed by atoms with Crippen LogP contribution in [0.4, 0.5) is 5.69 Å². The normalized spacial score (nSPS) is 11.1. The molecule has 0 unspecified atom stereocenters. The molecule has 1 aromatic heterocycles. The van der Waals surface area contributed by atoms with Gasteiger partial charge in [-0.3, -0.25) is 5.41 Å². The number of nitrogen functional groups attached to an aromatic ring is 1. The Morgan fingerprint density at radius 2 is 1.50 bits per heavy atom. The fraction of sp³-hybridized carbons (Fsp3) is 0. The lowest BCUT2D eigenvalue weighted by Gasteiger charge is -2.07. The van der Waals surface area contributed by atoms with Crippen LogP contribution in [0.15, 0.2) is 66.7 Å². The zero-order chi connectivity index (χ0) is 15.1. The molecule has 1 heterocycles. The highest BCUT2D eigenvalue weighted by Gasteiger charge is 2.16. The zero-order valence-electron chi connectivity index (χ0n) is 11.8. The Kier molecular flexibility index (Phi) is 2.94. The smallest absolute Gasteiger partial charge is 0.0811 e. The van der Waals surface area contributed by atoms with Crippen molar-refractivity contribution in [3.05, 3.63) is 77.2 Å². The summed E-state index contributed by atoms with van der Waals surface area (Å²) < 4.78 is 1.12. The van der Waals surface area contributed by atoms with Gasteiger partial charge in [-0.1, -0.05) is 60.7 Å². The molecule has 0 radical (unpaired) electrons. The highest BCUT2D eigenvalue weighted by Crippen LogP contribution is 2.35. The minimum atomic E-state index is 0.496. The largest absolute Gasteiger partial charge is 0.397 e. The first-order chi connectivity index (χ1) is 10.8. The Morgan fingerprint density at radius 3 is 2.32 bits per heavy atom. The van der Waals surface area contributed by atoms with Crippen LogP contribution in [-0.4, -0.2) is 5.71 Å². The number of benzene rings is 3. The summed E-state index contributed by atoms with van der Waals surface area (Å²) >= 11 is 1.59. The molecule has 22 heavy (non-hydrogen) atoms. The quantitative estimate of drug-likeness (QED) is 0.500. The fourth-order valence-corrected chi connectivity index (χ4v) is 3.90. The Labute approximate surface area is 132 Å². The minimum Gasteiger partial charge on any atom is -0.397 e. The van der Waals surface area contributed by atoms with Gasteiger partial charge in [0.15, 0.2) is 0 Å². The van der Waals surface area contributed by atoms with Gasteiger partial charge in [-0.05, 0) is 16.8 Å². The molecule has 0 saturated carbocycles. The molecule has 0 fully saturated rings. The monoisotopic (exact) mass is 302 g/mol. The predicted molar refractivity (Wildman–Crippen MR) is 96.1 cm³/mol. The molecule has 4 rings (SSSR count). The van der Waals surface area contributed by atoms with E-state index in [2.05, 4.69) is 24.3 Å². The maximum atomic E-state index is 8.66. The number of hydrogen-bond acceptors (Lipinski definition) is 3. The van der Waals surface area contributed by atoms with E-state index < -0.39 is 0 Å². The zero-order valence-corrected chi connectivity index (χ0v) is 12.7. The van der Waals surface area contributed by atoms with Crippen molar-refractivity contribution >= 4 is 43.6 Å². The predicted octanol–water partition coefficient (Wildman–Crippen LogP) is 5.05. The van der Waals surface area contributed by atoms with E-state index in [-0.39, 0.29) is 0 Å². The average molecular weight is 302 g/mol. The van der Waals surface area contributed by atoms with Gasteiger partial charge in [0.05, 0.1) is 16.3 Å². The van der Waals surface area contributed by atoms with Gasteiger partial charge in [-0.25, -0.2) is 0 Å². The van der Waals surface area contributed by atoms with E-state index in [1.165, 1.54) is 0 Å². The van der Waals surface area contributed by atoms with Gasteiger partial charge in [-0.2, -0.15) is 0 Å². The molecule has 0 spiro atoms. The maximum Gasteiger partial charge on any atom is 0.0811 e. The molecule has 0 bridgehead atoms. The first-order valence-corrected chi connectivity index (χ1v) is 7.91. The maximum absolute atomic E-state index is 8.66. The first-order valence-electron chi connectivity index (χ1n) is 7.10. The molecular formula is C19H14N2S. The lowest BCUT2D eigenvalue weighted by molar-refractivity contribution is 1.50. The Morgan fingerprint density at radius 1 is 0.818 bits per heavy atom. The van der Waals surface area contributed by atoms with Gasteiger partial charge in [0.2, 0.25) is 0 Å². The highest BCUT2D eigenvalue weighted by atomic mass is 32.1. The van der Waals surface area contributed by atoms with Crippen LogP contribution in [0, 0.1) is 5.41 Å². The molecule has 0 aliphatic heterocycles. The van der Waals surface area contributed by atoms with Crippen molar-refractivity contribution in [3.8, 4) is 0 Å². The summed E-state index contributed by atoms with van der Waals surface area (Å²) in [5.41, 5.74) is 8.42. The molecule has 3 heteroatoms. The Balaban J connectivity index is 1.94. The number of nitrogens with two attached hydrogens (primary N) is 1. The summed E-state index contributed by atoms with van der Waals surface area (Å²) in [5, 5.41) is 11.9. The van der Waals surface area contributed by atoms with Crippen molar-refractivity contribution in [2.75, 3.05) is 5.73 Å². The van der Waals surface area contributed by atoms with Crippen molar-refractivity contribution in [3.63, 3.8) is 0 Å². The molecular weight excluding hydrogens is 288 g/mol. The average Bonchev–Trinajstić information content (AvgIpc) is 2.91. The third-order valence-corrected chi connectivity index (χ3v) is 5.12. The summed E-state index contributed by atoms with van der Waals surface area (Å²) in [7, 11) is 0. The second kappa shape index (κ2) is 4.97. The molecule has 2 nitrogen and oxygen atoms in total. The molecule has 3 aromatic carbocycles.